The summed E-state index contributed by atoms with van der Waals surface area (Å²) < 4.78 is 52.2. The summed E-state index contributed by atoms with van der Waals surface area (Å²) in [7, 11) is 15.3. The number of carbonyl (C=O) groups excluding carboxylic acids is 2. The number of methoxy groups -OCH3 is 7. The highest BCUT2D eigenvalue weighted by molar-refractivity contribution is 5.91. The largest absolute Gasteiger partial charge is 0.496 e. The van der Waals surface area contributed by atoms with E-state index in [4.69, 9.17) is 42.6 Å². The zero-order valence-corrected chi connectivity index (χ0v) is 42.6. The van der Waals surface area contributed by atoms with Crippen LogP contribution in [0.25, 0.3) is 0 Å². The van der Waals surface area contributed by atoms with Gasteiger partial charge in [-0.05, 0) is 58.7 Å². The maximum Gasteiger partial charge on any atom is 0.331 e. The number of rotatable bonds is 24. The molecule has 0 saturated carbocycles. The summed E-state index contributed by atoms with van der Waals surface area (Å²) in [5, 5.41) is 41.3. The van der Waals surface area contributed by atoms with E-state index in [1.165, 1.54) is 14.2 Å². The van der Waals surface area contributed by atoms with Gasteiger partial charge in [0.15, 0.2) is 34.5 Å². The van der Waals surface area contributed by atoms with E-state index in [1.54, 1.807) is 35.5 Å². The van der Waals surface area contributed by atoms with Crippen molar-refractivity contribution in [2.24, 2.45) is 0 Å². The standard InChI is InChI=1S/C54H72N2O15/c1-55(18-14-35-27-44(63-3)45(64-4)29-41(35)43(55)23-34-22-39(31-58)52(67-7)46(24-34)65-5)16-10-20-70-48(61)12-13-49(62)71-21-11-17-56(2)19-15-36-25-38(30-57)42(33-60)54(69-9)50(36)51(56)37-26-40(32-59)53(68-8)47(28-37)66-6/h12-13,22,24-29,43,51,57-60H,10-11,14-21,23,30-33H2,1-9H3/q+2/b13-12-. The minimum Gasteiger partial charge on any atom is -0.496 e. The van der Waals surface area contributed by atoms with Gasteiger partial charge in [0.25, 0.3) is 0 Å². The van der Waals surface area contributed by atoms with Crippen LogP contribution in [0.4, 0.5) is 0 Å². The number of nitrogens with zero attached hydrogens (tertiary/aromatic N) is 2. The van der Waals surface area contributed by atoms with E-state index in [0.29, 0.717) is 117 Å². The number of fused-ring (bicyclic) bond motifs is 2. The van der Waals surface area contributed by atoms with Gasteiger partial charge in [-0.25, -0.2) is 9.59 Å². The number of aliphatic hydroxyl groups excluding tert-OH is 4. The van der Waals surface area contributed by atoms with Crippen molar-refractivity contribution in [1.29, 1.82) is 0 Å². The monoisotopic (exact) mass is 988 g/mol. The number of quaternary nitrogens is 2. The fourth-order valence-electron chi connectivity index (χ4n) is 10.7. The number of ether oxygens (including phenoxy) is 9. The average Bonchev–Trinajstić information content (AvgIpc) is 3.39. The summed E-state index contributed by atoms with van der Waals surface area (Å²) in [4.78, 5) is 25.8. The van der Waals surface area contributed by atoms with Crippen molar-refractivity contribution in [2.75, 3.05) is 103 Å². The van der Waals surface area contributed by atoms with Gasteiger partial charge in [0, 0.05) is 72.1 Å². The zero-order valence-electron chi connectivity index (χ0n) is 42.6. The lowest BCUT2D eigenvalue weighted by atomic mass is 9.82. The summed E-state index contributed by atoms with van der Waals surface area (Å²) in [5.41, 5.74) is 8.13. The molecule has 71 heavy (non-hydrogen) atoms. The number of esters is 2. The molecule has 2 heterocycles. The Morgan fingerprint density at radius 3 is 1.63 bits per heavy atom. The van der Waals surface area contributed by atoms with Crippen molar-refractivity contribution >= 4 is 11.9 Å². The van der Waals surface area contributed by atoms with Gasteiger partial charge in [0.1, 0.15) is 17.8 Å². The Morgan fingerprint density at radius 1 is 0.563 bits per heavy atom. The van der Waals surface area contributed by atoms with Crippen LogP contribution in [0.3, 0.4) is 0 Å². The molecule has 0 saturated heterocycles. The van der Waals surface area contributed by atoms with Gasteiger partial charge in [-0.2, -0.15) is 0 Å². The van der Waals surface area contributed by atoms with Gasteiger partial charge in [0.2, 0.25) is 0 Å². The molecule has 4 aromatic rings. The molecule has 0 aliphatic carbocycles. The third-order valence-electron chi connectivity index (χ3n) is 14.3. The molecule has 0 fully saturated rings. The van der Waals surface area contributed by atoms with E-state index >= 15 is 0 Å². The van der Waals surface area contributed by atoms with E-state index in [0.717, 1.165) is 58.5 Å². The van der Waals surface area contributed by atoms with Crippen LogP contribution in [0.5, 0.6) is 40.2 Å². The number of likely N-dealkylation sites (N-methyl/N-ethyl adjacent to an activating group) is 2. The van der Waals surface area contributed by atoms with Crippen LogP contribution >= 0.6 is 0 Å². The summed E-state index contributed by atoms with van der Waals surface area (Å²) in [6.45, 7) is 1.80. The Bertz CT molecular complexity index is 2490. The van der Waals surface area contributed by atoms with Gasteiger partial charge in [-0.3, -0.25) is 0 Å². The fraction of sp³-hybridized carbons (Fsp3) is 0.481. The second kappa shape index (κ2) is 24.4. The quantitative estimate of drug-likeness (QED) is 0.0309. The topological polar surface area (TPSA) is 198 Å². The number of hydrogen-bond acceptors (Lipinski definition) is 15. The predicted molar refractivity (Wildman–Crippen MR) is 263 cm³/mol. The molecule has 17 heteroatoms. The highest BCUT2D eigenvalue weighted by Gasteiger charge is 2.44. The Labute approximate surface area is 416 Å². The van der Waals surface area contributed by atoms with E-state index < -0.39 is 11.9 Å². The van der Waals surface area contributed by atoms with E-state index in [1.807, 2.05) is 42.5 Å². The van der Waals surface area contributed by atoms with Crippen LogP contribution in [-0.2, 0) is 64.8 Å². The second-order valence-corrected chi connectivity index (χ2v) is 18.4. The highest BCUT2D eigenvalue weighted by Crippen LogP contribution is 2.49. The fourth-order valence-corrected chi connectivity index (χ4v) is 10.7. The third kappa shape index (κ3) is 11.7. The third-order valence-corrected chi connectivity index (χ3v) is 14.3. The summed E-state index contributed by atoms with van der Waals surface area (Å²) >= 11 is 0. The van der Waals surface area contributed by atoms with Crippen LogP contribution in [0, 0.1) is 0 Å². The number of aliphatic hydroxyl groups is 4. The molecular weight excluding hydrogens is 917 g/mol. The first kappa shape index (κ1) is 54.3. The molecule has 2 aliphatic heterocycles. The Balaban J connectivity index is 1.10. The molecule has 4 unspecified atom stereocenters. The van der Waals surface area contributed by atoms with E-state index in [2.05, 4.69) is 14.1 Å². The molecule has 4 atom stereocenters. The van der Waals surface area contributed by atoms with Crippen molar-refractivity contribution in [2.45, 2.75) is 70.6 Å². The van der Waals surface area contributed by atoms with E-state index in [9.17, 15) is 30.0 Å². The molecule has 4 N–H and O–H groups in total. The Kier molecular flexibility index (Phi) is 18.6. The van der Waals surface area contributed by atoms with Crippen LogP contribution in [0.1, 0.15) is 80.6 Å². The zero-order chi connectivity index (χ0) is 51.5. The maximum atomic E-state index is 12.9. The molecule has 0 amide bonds. The number of carbonyl (C=O) groups is 2. The minimum absolute atomic E-state index is 0.0399. The molecule has 386 valence electrons. The van der Waals surface area contributed by atoms with Crippen LogP contribution in [0.2, 0.25) is 0 Å². The molecule has 0 aromatic heterocycles. The lowest BCUT2D eigenvalue weighted by Gasteiger charge is -2.47. The molecule has 2 aliphatic rings. The first-order valence-electron chi connectivity index (χ1n) is 23.8. The van der Waals surface area contributed by atoms with Crippen molar-refractivity contribution in [1.82, 2.24) is 0 Å². The van der Waals surface area contributed by atoms with Crippen LogP contribution < -0.4 is 33.2 Å². The molecule has 6 rings (SSSR count). The van der Waals surface area contributed by atoms with Crippen molar-refractivity contribution in [3.63, 3.8) is 0 Å². The highest BCUT2D eigenvalue weighted by atomic mass is 16.5. The number of hydrogen-bond donors (Lipinski definition) is 4. The lowest BCUT2D eigenvalue weighted by Crippen LogP contribution is -2.52. The van der Waals surface area contributed by atoms with Crippen LogP contribution in [-0.4, -0.2) is 145 Å². The lowest BCUT2D eigenvalue weighted by molar-refractivity contribution is -0.941. The van der Waals surface area contributed by atoms with E-state index in [-0.39, 0.29) is 51.7 Å². The van der Waals surface area contributed by atoms with Gasteiger partial charge < -0.3 is 72.0 Å². The maximum absolute atomic E-state index is 12.9. The number of benzene rings is 4. The first-order chi connectivity index (χ1) is 34.2. The molecule has 0 bridgehead atoms. The molecular formula is C54H72N2O15+2. The van der Waals surface area contributed by atoms with Gasteiger partial charge in [-0.15, -0.1) is 0 Å². The Hall–Kier alpha value is -6.08. The molecule has 17 nitrogen and oxygen atoms in total. The molecule has 0 radical (unpaired) electrons. The average molecular weight is 989 g/mol. The van der Waals surface area contributed by atoms with Crippen molar-refractivity contribution in [3.05, 3.63) is 110 Å². The smallest absolute Gasteiger partial charge is 0.331 e. The molecule has 0 spiro atoms. The SMILES string of the molecule is COc1cc2c(cc1OC)C(Cc1cc(CO)c(OC)c(OC)c1)[N+](C)(CCCOC(=O)/C=C\C(=O)OCCC[N+]1(C)CCc3cc(CO)c(CO)c(OC)c3C1c1cc(CO)c(OC)c(OC)c1)CC2. The summed E-state index contributed by atoms with van der Waals surface area (Å²) in [6, 6.07) is 13.2. The minimum atomic E-state index is -0.678. The Morgan fingerprint density at radius 2 is 1.08 bits per heavy atom. The summed E-state index contributed by atoms with van der Waals surface area (Å²) in [6.07, 6.45) is 5.23. The first-order valence-corrected chi connectivity index (χ1v) is 23.8. The van der Waals surface area contributed by atoms with Gasteiger partial charge in [-0.1, -0.05) is 6.07 Å². The normalized spacial score (nSPS) is 19.3. The van der Waals surface area contributed by atoms with Crippen molar-refractivity contribution in [3.8, 4) is 40.2 Å². The van der Waals surface area contributed by atoms with Gasteiger partial charge >= 0.3 is 11.9 Å². The van der Waals surface area contributed by atoms with Crippen LogP contribution in [0.15, 0.2) is 54.6 Å². The predicted octanol–water partition coefficient (Wildman–Crippen LogP) is 5.22. The molecule has 4 aromatic carbocycles. The summed E-state index contributed by atoms with van der Waals surface area (Å²) in [5.74, 6) is 2.33. The van der Waals surface area contributed by atoms with Crippen molar-refractivity contribution < 1.29 is 81.6 Å². The second-order valence-electron chi connectivity index (χ2n) is 18.4. The van der Waals surface area contributed by atoms with Gasteiger partial charge in [0.05, 0.1) is 135 Å².